The molecule has 1 saturated heterocycles. The van der Waals surface area contributed by atoms with Crippen molar-refractivity contribution in [2.75, 3.05) is 18.1 Å². The molecule has 0 radical (unpaired) electrons. The van der Waals surface area contributed by atoms with E-state index in [9.17, 15) is 8.42 Å². The number of hydrogen-bond acceptors (Lipinski definition) is 4. The van der Waals surface area contributed by atoms with Crippen LogP contribution in [-0.2, 0) is 16.6 Å². The van der Waals surface area contributed by atoms with Crippen molar-refractivity contribution in [3.8, 4) is 0 Å². The van der Waals surface area contributed by atoms with E-state index in [0.717, 1.165) is 17.1 Å². The molecule has 1 aromatic rings. The zero-order valence-electron chi connectivity index (χ0n) is 10.7. The summed E-state index contributed by atoms with van der Waals surface area (Å²) in [5.41, 5.74) is 6.33. The summed E-state index contributed by atoms with van der Waals surface area (Å²) in [4.78, 5) is 0.163. The Hall–Kier alpha value is -0.270. The Balaban J connectivity index is 2.43. The van der Waals surface area contributed by atoms with Gasteiger partial charge in [0.25, 0.3) is 0 Å². The molecule has 7 heteroatoms. The first kappa shape index (κ1) is 15.1. The number of benzene rings is 1. The molecule has 4 nitrogen and oxygen atoms in total. The van der Waals surface area contributed by atoms with Gasteiger partial charge in [0, 0.05) is 30.6 Å². The van der Waals surface area contributed by atoms with Crippen LogP contribution in [0.5, 0.6) is 0 Å². The van der Waals surface area contributed by atoms with Crippen molar-refractivity contribution >= 4 is 33.4 Å². The Kier molecular flexibility index (Phi) is 4.79. The minimum absolute atomic E-state index is 0.0126. The molecule has 0 saturated carbocycles. The molecule has 0 spiro atoms. The van der Waals surface area contributed by atoms with Crippen LogP contribution in [0.25, 0.3) is 0 Å². The summed E-state index contributed by atoms with van der Waals surface area (Å²) in [5, 5.41) is 0.252. The van der Waals surface area contributed by atoms with E-state index in [1.807, 2.05) is 6.92 Å². The van der Waals surface area contributed by atoms with Crippen LogP contribution in [0.15, 0.2) is 23.1 Å². The maximum Gasteiger partial charge on any atom is 0.244 e. The largest absolute Gasteiger partial charge is 0.326 e. The number of hydrogen-bond donors (Lipinski definition) is 1. The van der Waals surface area contributed by atoms with E-state index in [2.05, 4.69) is 0 Å². The SMILES string of the molecule is CC1CSCCN1S(=O)(=O)c1cc(CN)ccc1Cl. The molecular weight excluding hydrogens is 304 g/mol. The maximum atomic E-state index is 12.7. The highest BCUT2D eigenvalue weighted by Gasteiger charge is 2.32. The highest BCUT2D eigenvalue weighted by atomic mass is 35.5. The summed E-state index contributed by atoms with van der Waals surface area (Å²) in [6.45, 7) is 2.74. The molecule has 2 rings (SSSR count). The van der Waals surface area contributed by atoms with Crippen LogP contribution in [0.3, 0.4) is 0 Å². The average molecular weight is 321 g/mol. The molecule has 106 valence electrons. The number of halogens is 1. The second kappa shape index (κ2) is 6.01. The number of nitrogens with zero attached hydrogens (tertiary/aromatic N) is 1. The highest BCUT2D eigenvalue weighted by molar-refractivity contribution is 7.99. The van der Waals surface area contributed by atoms with Crippen LogP contribution in [0.1, 0.15) is 12.5 Å². The fourth-order valence-electron chi connectivity index (χ4n) is 2.07. The Morgan fingerprint density at radius 1 is 1.53 bits per heavy atom. The van der Waals surface area contributed by atoms with E-state index in [4.69, 9.17) is 17.3 Å². The van der Waals surface area contributed by atoms with Gasteiger partial charge in [-0.2, -0.15) is 16.1 Å². The number of thioether (sulfide) groups is 1. The topological polar surface area (TPSA) is 63.4 Å². The summed E-state index contributed by atoms with van der Waals surface area (Å²) in [7, 11) is -3.54. The van der Waals surface area contributed by atoms with E-state index in [-0.39, 0.29) is 16.0 Å². The Morgan fingerprint density at radius 3 is 2.89 bits per heavy atom. The summed E-state index contributed by atoms with van der Waals surface area (Å²) in [5.74, 6) is 1.63. The highest BCUT2D eigenvalue weighted by Crippen LogP contribution is 2.29. The number of sulfonamides is 1. The molecule has 0 aromatic heterocycles. The van der Waals surface area contributed by atoms with Crippen molar-refractivity contribution in [2.24, 2.45) is 5.73 Å². The van der Waals surface area contributed by atoms with Crippen molar-refractivity contribution < 1.29 is 8.42 Å². The minimum atomic E-state index is -3.54. The molecule has 0 amide bonds. The summed E-state index contributed by atoms with van der Waals surface area (Å²) in [6.07, 6.45) is 0. The van der Waals surface area contributed by atoms with Gasteiger partial charge in [0.15, 0.2) is 0 Å². The first-order chi connectivity index (χ1) is 8.96. The summed E-state index contributed by atoms with van der Waals surface area (Å²) in [6, 6.07) is 4.91. The lowest BCUT2D eigenvalue weighted by Crippen LogP contribution is -2.44. The molecule has 1 atom stereocenters. The maximum absolute atomic E-state index is 12.7. The van der Waals surface area contributed by atoms with Crippen LogP contribution >= 0.6 is 23.4 Å². The summed E-state index contributed by atoms with van der Waals surface area (Å²) < 4.78 is 26.9. The van der Waals surface area contributed by atoms with Gasteiger partial charge in [-0.25, -0.2) is 8.42 Å². The standard InChI is InChI=1S/C12H17ClN2O2S2/c1-9-8-18-5-4-15(9)19(16,17)12-6-10(7-14)2-3-11(12)13/h2-3,6,9H,4-5,7-8,14H2,1H3. The minimum Gasteiger partial charge on any atom is -0.326 e. The Morgan fingerprint density at radius 2 is 2.26 bits per heavy atom. The number of nitrogens with two attached hydrogens (primary N) is 1. The van der Waals surface area contributed by atoms with Gasteiger partial charge in [-0.15, -0.1) is 0 Å². The van der Waals surface area contributed by atoms with Crippen LogP contribution in [0.2, 0.25) is 5.02 Å². The van der Waals surface area contributed by atoms with Crippen molar-refractivity contribution in [3.05, 3.63) is 28.8 Å². The molecule has 1 unspecified atom stereocenters. The van der Waals surface area contributed by atoms with Crippen LogP contribution in [0, 0.1) is 0 Å². The molecule has 0 bridgehead atoms. The first-order valence-electron chi connectivity index (χ1n) is 6.05. The second-order valence-corrected chi connectivity index (χ2v) is 7.92. The van der Waals surface area contributed by atoms with Gasteiger partial charge in [0.1, 0.15) is 4.90 Å². The monoisotopic (exact) mass is 320 g/mol. The normalized spacial score (nSPS) is 21.5. The van der Waals surface area contributed by atoms with Gasteiger partial charge in [-0.05, 0) is 24.6 Å². The molecule has 1 heterocycles. The first-order valence-corrected chi connectivity index (χ1v) is 9.02. The van der Waals surface area contributed by atoms with Gasteiger partial charge >= 0.3 is 0 Å². The van der Waals surface area contributed by atoms with Gasteiger partial charge in [0.2, 0.25) is 10.0 Å². The average Bonchev–Trinajstić information content (AvgIpc) is 2.39. The molecule has 19 heavy (non-hydrogen) atoms. The third-order valence-corrected chi connectivity index (χ3v) is 6.81. The third kappa shape index (κ3) is 3.08. The molecule has 1 aromatic carbocycles. The van der Waals surface area contributed by atoms with Crippen molar-refractivity contribution in [1.82, 2.24) is 4.31 Å². The molecule has 1 aliphatic rings. The van der Waals surface area contributed by atoms with Gasteiger partial charge < -0.3 is 5.73 Å². The van der Waals surface area contributed by atoms with E-state index >= 15 is 0 Å². The molecule has 0 aliphatic carbocycles. The summed E-state index contributed by atoms with van der Waals surface area (Å²) >= 11 is 7.82. The fourth-order valence-corrected chi connectivity index (χ4v) is 5.45. The Labute approximate surface area is 123 Å². The zero-order valence-corrected chi connectivity index (χ0v) is 13.1. The smallest absolute Gasteiger partial charge is 0.244 e. The van der Waals surface area contributed by atoms with Gasteiger partial charge in [0.05, 0.1) is 5.02 Å². The van der Waals surface area contributed by atoms with Gasteiger partial charge in [-0.3, -0.25) is 0 Å². The van der Waals surface area contributed by atoms with Crippen molar-refractivity contribution in [2.45, 2.75) is 24.4 Å². The van der Waals surface area contributed by atoms with Crippen LogP contribution in [0.4, 0.5) is 0 Å². The predicted molar refractivity (Wildman–Crippen MR) is 80.0 cm³/mol. The quantitative estimate of drug-likeness (QED) is 0.924. The molecule has 1 fully saturated rings. The van der Waals surface area contributed by atoms with Gasteiger partial charge in [-0.1, -0.05) is 17.7 Å². The van der Waals surface area contributed by atoms with Crippen molar-refractivity contribution in [1.29, 1.82) is 0 Å². The predicted octanol–water partition coefficient (Wildman–Crippen LogP) is 1.92. The third-order valence-electron chi connectivity index (χ3n) is 3.12. The van der Waals surface area contributed by atoms with E-state index in [1.54, 1.807) is 30.0 Å². The lowest BCUT2D eigenvalue weighted by atomic mass is 10.2. The van der Waals surface area contributed by atoms with Crippen LogP contribution < -0.4 is 5.73 Å². The fraction of sp³-hybridized carbons (Fsp3) is 0.500. The van der Waals surface area contributed by atoms with E-state index in [0.29, 0.717) is 13.1 Å². The molecule has 2 N–H and O–H groups in total. The lowest BCUT2D eigenvalue weighted by molar-refractivity contribution is 0.367. The second-order valence-electron chi connectivity index (χ2n) is 4.51. The van der Waals surface area contributed by atoms with Crippen LogP contribution in [-0.4, -0.2) is 36.8 Å². The molecular formula is C12H17ClN2O2S2. The van der Waals surface area contributed by atoms with E-state index in [1.165, 1.54) is 4.31 Å². The number of rotatable bonds is 3. The lowest BCUT2D eigenvalue weighted by Gasteiger charge is -2.32. The zero-order chi connectivity index (χ0) is 14.0. The van der Waals surface area contributed by atoms with Crippen molar-refractivity contribution in [3.63, 3.8) is 0 Å². The van der Waals surface area contributed by atoms with E-state index < -0.39 is 10.0 Å². The molecule has 1 aliphatic heterocycles. The Bertz CT molecular complexity index is 563.